The fourth-order valence-corrected chi connectivity index (χ4v) is 4.53. The van der Waals surface area contributed by atoms with Crippen LogP contribution in [0.5, 0.6) is 0 Å². The number of rotatable bonds is 5. The maximum Gasteiger partial charge on any atom is 0.335 e. The van der Waals surface area contributed by atoms with E-state index in [0.717, 1.165) is 27.7 Å². The molecule has 7 nitrogen and oxygen atoms in total. The minimum atomic E-state index is -1.03. The monoisotopic (exact) mass is 439 g/mol. The average Bonchev–Trinajstić information content (AvgIpc) is 3.30. The first-order chi connectivity index (χ1) is 15.8. The summed E-state index contributed by atoms with van der Waals surface area (Å²) < 4.78 is 7.43. The number of hydrogen-bond donors (Lipinski definition) is 2. The second-order valence-electron chi connectivity index (χ2n) is 8.09. The molecule has 0 saturated heterocycles. The van der Waals surface area contributed by atoms with Gasteiger partial charge in [0.2, 0.25) is 5.91 Å². The molecule has 0 aliphatic rings. The fraction of sp³-hybridized carbons (Fsp3) is 0.115. The Balaban J connectivity index is 1.91. The highest BCUT2D eigenvalue weighted by Crippen LogP contribution is 2.38. The largest absolute Gasteiger partial charge is 0.478 e. The Labute approximate surface area is 189 Å². The number of nitrogens with two attached hydrogens (primary N) is 1. The highest BCUT2D eigenvalue weighted by molar-refractivity contribution is 6.19. The van der Waals surface area contributed by atoms with Gasteiger partial charge >= 0.3 is 5.97 Å². The van der Waals surface area contributed by atoms with Crippen LogP contribution in [0.4, 0.5) is 0 Å². The number of fused-ring (bicyclic) bond motifs is 3. The van der Waals surface area contributed by atoms with Gasteiger partial charge in [-0.2, -0.15) is 0 Å². The summed E-state index contributed by atoms with van der Waals surface area (Å²) in [5.41, 5.74) is 11.2. The van der Waals surface area contributed by atoms with Gasteiger partial charge in [0, 0.05) is 34.0 Å². The van der Waals surface area contributed by atoms with Crippen LogP contribution in [0.1, 0.15) is 37.7 Å². The first-order valence-corrected chi connectivity index (χ1v) is 10.5. The summed E-state index contributed by atoms with van der Waals surface area (Å²) in [6.07, 6.45) is 0. The number of nitrogens with zero attached hydrogens (tertiary/aromatic N) is 2. The highest BCUT2D eigenvalue weighted by Gasteiger charge is 2.22. The topological polar surface area (TPSA) is 111 Å². The lowest BCUT2D eigenvalue weighted by atomic mass is 9.97. The molecule has 5 aromatic rings. The first kappa shape index (κ1) is 20.5. The minimum absolute atomic E-state index is 0.145. The molecule has 7 heteroatoms. The highest BCUT2D eigenvalue weighted by atomic mass is 16.5. The van der Waals surface area contributed by atoms with Crippen molar-refractivity contribution in [2.24, 2.45) is 5.73 Å². The Morgan fingerprint density at radius 3 is 2.42 bits per heavy atom. The number of carboxylic acids is 1. The van der Waals surface area contributed by atoms with Gasteiger partial charge < -0.3 is 19.9 Å². The van der Waals surface area contributed by atoms with Gasteiger partial charge in [0.25, 0.3) is 0 Å². The lowest BCUT2D eigenvalue weighted by Gasteiger charge is -2.10. The number of amides is 1. The van der Waals surface area contributed by atoms with Gasteiger partial charge in [0.1, 0.15) is 5.76 Å². The third-order valence-corrected chi connectivity index (χ3v) is 5.98. The average molecular weight is 439 g/mol. The molecule has 1 amide bonds. The van der Waals surface area contributed by atoms with Crippen molar-refractivity contribution in [3.8, 4) is 11.1 Å². The van der Waals surface area contributed by atoms with Gasteiger partial charge in [-0.05, 0) is 55.3 Å². The van der Waals surface area contributed by atoms with E-state index in [4.69, 9.17) is 10.3 Å². The van der Waals surface area contributed by atoms with Crippen LogP contribution in [-0.2, 0) is 6.54 Å². The number of benzene rings is 3. The van der Waals surface area contributed by atoms with Crippen molar-refractivity contribution in [3.05, 3.63) is 88.8 Å². The molecule has 2 aromatic heterocycles. The molecular weight excluding hydrogens is 418 g/mol. The van der Waals surface area contributed by atoms with E-state index in [1.165, 1.54) is 0 Å². The van der Waals surface area contributed by atoms with E-state index < -0.39 is 11.9 Å². The molecule has 3 aromatic carbocycles. The zero-order chi connectivity index (χ0) is 23.3. The van der Waals surface area contributed by atoms with Crippen LogP contribution in [0.3, 0.4) is 0 Å². The Kier molecular flexibility index (Phi) is 4.74. The Morgan fingerprint density at radius 2 is 1.79 bits per heavy atom. The predicted molar refractivity (Wildman–Crippen MR) is 125 cm³/mol. The molecule has 0 spiro atoms. The number of carbonyl (C=O) groups is 2. The van der Waals surface area contributed by atoms with Crippen molar-refractivity contribution < 1.29 is 19.2 Å². The van der Waals surface area contributed by atoms with E-state index in [-0.39, 0.29) is 5.56 Å². The van der Waals surface area contributed by atoms with Crippen LogP contribution >= 0.6 is 0 Å². The number of primary amides is 1. The second-order valence-corrected chi connectivity index (χ2v) is 8.09. The van der Waals surface area contributed by atoms with E-state index in [0.29, 0.717) is 34.3 Å². The molecule has 0 atom stereocenters. The predicted octanol–water partition coefficient (Wildman–Crippen LogP) is 4.91. The van der Waals surface area contributed by atoms with Crippen LogP contribution in [-0.4, -0.2) is 26.7 Å². The summed E-state index contributed by atoms with van der Waals surface area (Å²) >= 11 is 0. The van der Waals surface area contributed by atoms with Gasteiger partial charge in [-0.15, -0.1) is 0 Å². The SMILES string of the molecule is Cc1noc(C)c1-c1cc(C(N)=O)c2c3cc(C(=O)O)ccc3n(Cc3ccccc3)c2c1. The number of aryl methyl sites for hydroxylation is 2. The molecule has 0 radical (unpaired) electrons. The normalized spacial score (nSPS) is 11.3. The number of aromatic nitrogens is 2. The number of hydrogen-bond acceptors (Lipinski definition) is 4. The molecule has 164 valence electrons. The summed E-state index contributed by atoms with van der Waals surface area (Å²) in [7, 11) is 0. The summed E-state index contributed by atoms with van der Waals surface area (Å²) in [6.45, 7) is 4.21. The van der Waals surface area contributed by atoms with Crippen molar-refractivity contribution >= 4 is 33.7 Å². The molecular formula is C26H21N3O4. The van der Waals surface area contributed by atoms with E-state index in [1.807, 2.05) is 50.2 Å². The summed E-state index contributed by atoms with van der Waals surface area (Å²) in [6, 6.07) is 18.6. The molecule has 5 rings (SSSR count). The molecule has 0 aliphatic carbocycles. The quantitative estimate of drug-likeness (QED) is 0.404. The Morgan fingerprint density at radius 1 is 1.03 bits per heavy atom. The fourth-order valence-electron chi connectivity index (χ4n) is 4.53. The Hall–Kier alpha value is -4.39. The van der Waals surface area contributed by atoms with Crippen molar-refractivity contribution in [2.75, 3.05) is 0 Å². The first-order valence-electron chi connectivity index (χ1n) is 10.5. The molecule has 0 unspecified atom stereocenters. The smallest absolute Gasteiger partial charge is 0.335 e. The van der Waals surface area contributed by atoms with E-state index in [9.17, 15) is 14.7 Å². The summed E-state index contributed by atoms with van der Waals surface area (Å²) in [5, 5.41) is 14.9. The van der Waals surface area contributed by atoms with Gasteiger partial charge in [0.05, 0.1) is 16.8 Å². The number of carbonyl (C=O) groups excluding carboxylic acids is 1. The van der Waals surface area contributed by atoms with Gasteiger partial charge in [-0.3, -0.25) is 4.79 Å². The lowest BCUT2D eigenvalue weighted by molar-refractivity contribution is 0.0697. The van der Waals surface area contributed by atoms with Crippen LogP contribution < -0.4 is 5.73 Å². The molecule has 0 saturated carbocycles. The van der Waals surface area contributed by atoms with E-state index >= 15 is 0 Å². The summed E-state index contributed by atoms with van der Waals surface area (Å²) in [5.74, 6) is -0.983. The van der Waals surface area contributed by atoms with Crippen LogP contribution in [0.2, 0.25) is 0 Å². The molecule has 0 fully saturated rings. The standard InChI is InChI=1S/C26H21N3O4/c1-14-23(15(2)33-28-14)18-11-20(25(27)30)24-19-10-17(26(31)32)8-9-21(19)29(22(24)12-18)13-16-6-4-3-5-7-16/h3-12H,13H2,1-2H3,(H2,27,30)(H,31,32). The number of carboxylic acid groups (broad SMARTS) is 1. The van der Waals surface area contributed by atoms with E-state index in [1.54, 1.807) is 24.3 Å². The Bertz CT molecular complexity index is 1540. The van der Waals surface area contributed by atoms with Gasteiger partial charge in [0.15, 0.2) is 0 Å². The van der Waals surface area contributed by atoms with Gasteiger partial charge in [-0.25, -0.2) is 4.79 Å². The third kappa shape index (κ3) is 3.34. The zero-order valence-corrected chi connectivity index (χ0v) is 18.1. The van der Waals surface area contributed by atoms with E-state index in [2.05, 4.69) is 9.72 Å². The van der Waals surface area contributed by atoms with Crippen molar-refractivity contribution in [1.29, 1.82) is 0 Å². The molecule has 3 N–H and O–H groups in total. The maximum absolute atomic E-state index is 12.6. The van der Waals surface area contributed by atoms with Crippen molar-refractivity contribution in [1.82, 2.24) is 9.72 Å². The maximum atomic E-state index is 12.6. The van der Waals surface area contributed by atoms with Crippen LogP contribution in [0.25, 0.3) is 32.9 Å². The second kappa shape index (κ2) is 7.63. The van der Waals surface area contributed by atoms with Crippen molar-refractivity contribution in [2.45, 2.75) is 20.4 Å². The molecule has 0 aliphatic heterocycles. The summed E-state index contributed by atoms with van der Waals surface area (Å²) in [4.78, 5) is 24.3. The minimum Gasteiger partial charge on any atom is -0.478 e. The van der Waals surface area contributed by atoms with Crippen molar-refractivity contribution in [3.63, 3.8) is 0 Å². The zero-order valence-electron chi connectivity index (χ0n) is 18.1. The molecule has 0 bridgehead atoms. The third-order valence-electron chi connectivity index (χ3n) is 5.98. The molecule has 2 heterocycles. The van der Waals surface area contributed by atoms with Crippen LogP contribution in [0, 0.1) is 13.8 Å². The number of aromatic carboxylic acids is 1. The van der Waals surface area contributed by atoms with Crippen LogP contribution in [0.15, 0.2) is 65.2 Å². The van der Waals surface area contributed by atoms with Gasteiger partial charge in [-0.1, -0.05) is 35.5 Å². The lowest BCUT2D eigenvalue weighted by Crippen LogP contribution is -2.12. The molecule has 33 heavy (non-hydrogen) atoms.